The molecule has 1 N–H and O–H groups in total. The summed E-state index contributed by atoms with van der Waals surface area (Å²) in [5.74, 6) is -0.307. The molecule has 7 heteroatoms. The third kappa shape index (κ3) is 5.28. The van der Waals surface area contributed by atoms with Gasteiger partial charge in [0.05, 0.1) is 4.91 Å². The molecular weight excluding hydrogens is 444 g/mol. The average molecular weight is 461 g/mol. The lowest BCUT2D eigenvalue weighted by atomic mass is 10.2. The maximum Gasteiger partial charge on any atom is 0.266 e. The first-order valence-electron chi connectivity index (χ1n) is 8.30. The van der Waals surface area contributed by atoms with E-state index in [9.17, 15) is 9.59 Å². The van der Waals surface area contributed by atoms with Gasteiger partial charge in [0.15, 0.2) is 0 Å². The lowest BCUT2D eigenvalue weighted by Gasteiger charge is -2.14. The molecule has 1 aliphatic heterocycles. The second-order valence-electron chi connectivity index (χ2n) is 6.06. The molecule has 4 nitrogen and oxygen atoms in total. The van der Waals surface area contributed by atoms with Crippen LogP contribution in [0.25, 0.3) is 6.08 Å². The van der Waals surface area contributed by atoms with E-state index in [1.807, 2.05) is 61.5 Å². The van der Waals surface area contributed by atoms with Crippen molar-refractivity contribution < 1.29 is 9.59 Å². The summed E-state index contributed by atoms with van der Waals surface area (Å²) >= 11 is 10.0. The molecule has 1 heterocycles. The molecule has 2 amide bonds. The lowest BCUT2D eigenvalue weighted by Crippen LogP contribution is -2.31. The van der Waals surface area contributed by atoms with E-state index in [-0.39, 0.29) is 24.8 Å². The fourth-order valence-electron chi connectivity index (χ4n) is 2.60. The molecule has 0 radical (unpaired) electrons. The number of aryl methyl sites for hydroxylation is 1. The molecule has 0 unspecified atom stereocenters. The minimum atomic E-state index is -0.159. The van der Waals surface area contributed by atoms with Crippen molar-refractivity contribution in [1.82, 2.24) is 4.90 Å². The minimum Gasteiger partial charge on any atom is -0.326 e. The van der Waals surface area contributed by atoms with Crippen LogP contribution in [0.4, 0.5) is 5.69 Å². The summed E-state index contributed by atoms with van der Waals surface area (Å²) in [6.07, 6.45) is 2.00. The van der Waals surface area contributed by atoms with E-state index in [4.69, 9.17) is 12.2 Å². The number of rotatable bonds is 5. The quantitative estimate of drug-likeness (QED) is 0.504. The lowest BCUT2D eigenvalue weighted by molar-refractivity contribution is -0.122. The molecule has 0 aromatic heterocycles. The van der Waals surface area contributed by atoms with Crippen LogP contribution in [-0.2, 0) is 9.59 Å². The number of nitrogens with one attached hydrogen (secondary N) is 1. The van der Waals surface area contributed by atoms with E-state index in [0.29, 0.717) is 9.23 Å². The number of nitrogens with zero attached hydrogens (tertiary/aromatic N) is 1. The standard InChI is InChI=1S/C20H17BrN2O2S2/c1-13-4-2-7-16(10-13)22-18(24)8-9-23-19(25)17(27-20(23)26)12-14-5-3-6-15(21)11-14/h2-7,10-12H,8-9H2,1H3,(H,22,24)/b17-12-. The zero-order valence-electron chi connectivity index (χ0n) is 14.6. The molecule has 0 atom stereocenters. The van der Waals surface area contributed by atoms with Gasteiger partial charge in [0.1, 0.15) is 4.32 Å². The number of halogens is 1. The van der Waals surface area contributed by atoms with Crippen molar-refractivity contribution in [2.75, 3.05) is 11.9 Å². The van der Waals surface area contributed by atoms with Gasteiger partial charge in [0, 0.05) is 23.1 Å². The summed E-state index contributed by atoms with van der Waals surface area (Å²) in [6, 6.07) is 15.3. The molecule has 0 bridgehead atoms. The smallest absolute Gasteiger partial charge is 0.266 e. The summed E-state index contributed by atoms with van der Waals surface area (Å²) in [7, 11) is 0. The first-order chi connectivity index (χ1) is 12.9. The van der Waals surface area contributed by atoms with Crippen LogP contribution in [-0.4, -0.2) is 27.6 Å². The molecule has 1 fully saturated rings. The highest BCUT2D eigenvalue weighted by Crippen LogP contribution is 2.33. The highest BCUT2D eigenvalue weighted by Gasteiger charge is 2.32. The molecule has 27 heavy (non-hydrogen) atoms. The summed E-state index contributed by atoms with van der Waals surface area (Å²) in [4.78, 5) is 26.9. The van der Waals surface area contributed by atoms with Crippen molar-refractivity contribution in [1.29, 1.82) is 0 Å². The summed E-state index contributed by atoms with van der Waals surface area (Å²) in [5, 5.41) is 2.85. The molecule has 2 aromatic carbocycles. The number of thioether (sulfide) groups is 1. The molecule has 0 saturated carbocycles. The molecule has 1 saturated heterocycles. The van der Waals surface area contributed by atoms with Gasteiger partial charge in [-0.25, -0.2) is 0 Å². The zero-order valence-corrected chi connectivity index (χ0v) is 17.8. The highest BCUT2D eigenvalue weighted by atomic mass is 79.9. The van der Waals surface area contributed by atoms with Crippen LogP contribution in [0.5, 0.6) is 0 Å². The first kappa shape index (κ1) is 19.8. The maximum absolute atomic E-state index is 12.6. The van der Waals surface area contributed by atoms with Gasteiger partial charge in [-0.05, 0) is 48.4 Å². The number of hydrogen-bond acceptors (Lipinski definition) is 4. The third-order valence-electron chi connectivity index (χ3n) is 3.88. The Kier molecular flexibility index (Phi) is 6.46. The Balaban J connectivity index is 1.61. The van der Waals surface area contributed by atoms with E-state index in [0.717, 1.165) is 21.3 Å². The summed E-state index contributed by atoms with van der Waals surface area (Å²) < 4.78 is 1.42. The number of benzene rings is 2. The topological polar surface area (TPSA) is 49.4 Å². The average Bonchev–Trinajstić information content (AvgIpc) is 2.86. The van der Waals surface area contributed by atoms with Gasteiger partial charge in [-0.1, -0.05) is 64.2 Å². The van der Waals surface area contributed by atoms with Crippen molar-refractivity contribution in [3.63, 3.8) is 0 Å². The van der Waals surface area contributed by atoms with Gasteiger partial charge in [-0.2, -0.15) is 0 Å². The van der Waals surface area contributed by atoms with E-state index in [2.05, 4.69) is 21.2 Å². The predicted octanol–water partition coefficient (Wildman–Crippen LogP) is 4.99. The van der Waals surface area contributed by atoms with E-state index >= 15 is 0 Å². The molecule has 0 aliphatic carbocycles. The van der Waals surface area contributed by atoms with E-state index < -0.39 is 0 Å². The minimum absolute atomic E-state index is 0.148. The molecule has 1 aliphatic rings. The van der Waals surface area contributed by atoms with Crippen LogP contribution < -0.4 is 5.32 Å². The van der Waals surface area contributed by atoms with Crippen molar-refractivity contribution in [3.05, 3.63) is 69.0 Å². The maximum atomic E-state index is 12.6. The van der Waals surface area contributed by atoms with Crippen molar-refractivity contribution >= 4 is 67.8 Å². The molecule has 138 valence electrons. The Hall–Kier alpha value is -1.96. The van der Waals surface area contributed by atoms with Gasteiger partial charge in [-0.15, -0.1) is 0 Å². The summed E-state index contributed by atoms with van der Waals surface area (Å²) in [5.41, 5.74) is 2.74. The Labute approximate surface area is 176 Å². The fraction of sp³-hybridized carbons (Fsp3) is 0.150. The van der Waals surface area contributed by atoms with Crippen LogP contribution >= 0.6 is 39.9 Å². The monoisotopic (exact) mass is 460 g/mol. The summed E-state index contributed by atoms with van der Waals surface area (Å²) in [6.45, 7) is 2.23. The fourth-order valence-corrected chi connectivity index (χ4v) is 4.33. The molecule has 3 rings (SSSR count). The molecule has 2 aromatic rings. The number of anilines is 1. The highest BCUT2D eigenvalue weighted by molar-refractivity contribution is 9.10. The number of amides is 2. The number of hydrogen-bond donors (Lipinski definition) is 1. The van der Waals surface area contributed by atoms with Crippen LogP contribution in [0, 0.1) is 6.92 Å². The number of carbonyl (C=O) groups excluding carboxylic acids is 2. The largest absolute Gasteiger partial charge is 0.326 e. The van der Waals surface area contributed by atoms with E-state index in [1.165, 1.54) is 16.7 Å². The SMILES string of the molecule is Cc1cccc(NC(=O)CCN2C(=O)/C(=C/c3cccc(Br)c3)SC2=S)c1. The Morgan fingerprint density at radius 1 is 1.26 bits per heavy atom. The second-order valence-corrected chi connectivity index (χ2v) is 8.65. The Bertz CT molecular complexity index is 943. The van der Waals surface area contributed by atoms with Crippen LogP contribution in [0.3, 0.4) is 0 Å². The molecule has 0 spiro atoms. The first-order valence-corrected chi connectivity index (χ1v) is 10.3. The number of carbonyl (C=O) groups is 2. The number of thiocarbonyl (C=S) groups is 1. The van der Waals surface area contributed by atoms with Crippen molar-refractivity contribution in [3.8, 4) is 0 Å². The Morgan fingerprint density at radius 2 is 2.04 bits per heavy atom. The third-order valence-corrected chi connectivity index (χ3v) is 5.76. The van der Waals surface area contributed by atoms with Gasteiger partial charge in [0.2, 0.25) is 5.91 Å². The van der Waals surface area contributed by atoms with Crippen LogP contribution in [0.1, 0.15) is 17.5 Å². The van der Waals surface area contributed by atoms with Crippen LogP contribution in [0.2, 0.25) is 0 Å². The van der Waals surface area contributed by atoms with Gasteiger partial charge in [0.25, 0.3) is 5.91 Å². The van der Waals surface area contributed by atoms with Gasteiger partial charge >= 0.3 is 0 Å². The Morgan fingerprint density at radius 3 is 2.78 bits per heavy atom. The zero-order chi connectivity index (χ0) is 19.4. The van der Waals surface area contributed by atoms with Gasteiger partial charge in [-0.3, -0.25) is 14.5 Å². The van der Waals surface area contributed by atoms with Crippen LogP contribution in [0.15, 0.2) is 57.9 Å². The van der Waals surface area contributed by atoms with Crippen molar-refractivity contribution in [2.24, 2.45) is 0 Å². The van der Waals surface area contributed by atoms with Crippen molar-refractivity contribution in [2.45, 2.75) is 13.3 Å². The van der Waals surface area contributed by atoms with Gasteiger partial charge < -0.3 is 5.32 Å². The second kappa shape index (κ2) is 8.82. The van der Waals surface area contributed by atoms with E-state index in [1.54, 1.807) is 0 Å². The predicted molar refractivity (Wildman–Crippen MR) is 118 cm³/mol. The normalized spacial score (nSPS) is 15.5. The molecular formula is C20H17BrN2O2S2.